The van der Waals surface area contributed by atoms with Crippen LogP contribution in [0.4, 0.5) is 0 Å². The number of rotatable bonds is 41. The van der Waals surface area contributed by atoms with Crippen LogP contribution in [0.5, 0.6) is 0 Å². The van der Waals surface area contributed by atoms with E-state index < -0.39 is 5.97 Å². The van der Waals surface area contributed by atoms with Crippen LogP contribution in [0.15, 0.2) is 0 Å². The number of aldehydes is 1. The highest BCUT2D eigenvalue weighted by atomic mass is 16.4. The molecule has 1 aliphatic heterocycles. The molecule has 2 N–H and O–H groups in total. The van der Waals surface area contributed by atoms with Crippen molar-refractivity contribution in [2.45, 2.75) is 226 Å². The number of carbonyl (C=O) groups excluding carboxylic acids is 2. The van der Waals surface area contributed by atoms with Crippen LogP contribution in [-0.2, 0) is 19.2 Å². The predicted octanol–water partition coefficient (Wildman–Crippen LogP) is 11.6. The smallest absolute Gasteiger partial charge is 0.317 e. The second-order valence-electron chi connectivity index (χ2n) is 18.9. The lowest BCUT2D eigenvalue weighted by Gasteiger charge is -2.33. The third-order valence-electron chi connectivity index (χ3n) is 13.3. The van der Waals surface area contributed by atoms with Gasteiger partial charge in [-0.25, -0.2) is 0 Å². The number of likely N-dealkylation sites (N-methyl/N-ethyl adjacent to an activating group) is 1. The molecule has 1 rings (SSSR count). The lowest BCUT2D eigenvalue weighted by atomic mass is 10.0. The van der Waals surface area contributed by atoms with Crippen LogP contribution in [-0.4, -0.2) is 151 Å². The molecule has 0 aromatic rings. The molecule has 0 atom stereocenters. The van der Waals surface area contributed by atoms with Gasteiger partial charge in [0.25, 0.3) is 6.47 Å². The van der Waals surface area contributed by atoms with Gasteiger partial charge < -0.3 is 24.8 Å². The van der Waals surface area contributed by atoms with E-state index in [2.05, 4.69) is 40.4 Å². The van der Waals surface area contributed by atoms with E-state index >= 15 is 0 Å². The summed E-state index contributed by atoms with van der Waals surface area (Å²) in [5.74, 6) is -0.600. The van der Waals surface area contributed by atoms with E-state index in [9.17, 15) is 19.5 Å². The lowest BCUT2D eigenvalue weighted by Crippen LogP contribution is -2.49. The Hall–Kier alpha value is -2.08. The van der Waals surface area contributed by atoms with Gasteiger partial charge in [0.2, 0.25) is 5.91 Å². The predicted molar refractivity (Wildman–Crippen MR) is 269 cm³/mol. The van der Waals surface area contributed by atoms with Crippen LogP contribution in [0.3, 0.4) is 0 Å². The molecule has 0 unspecified atom stereocenters. The quantitative estimate of drug-likeness (QED) is 0.0452. The number of nitrogens with zero attached hydrogens (tertiary/aromatic N) is 5. The van der Waals surface area contributed by atoms with Gasteiger partial charge in [-0.05, 0) is 19.4 Å². The fourth-order valence-corrected chi connectivity index (χ4v) is 9.04. The molecule has 1 amide bonds. The molecule has 0 aliphatic carbocycles. The molecule has 1 aliphatic rings. The van der Waals surface area contributed by atoms with Gasteiger partial charge in [0.15, 0.2) is 0 Å². The van der Waals surface area contributed by atoms with Crippen molar-refractivity contribution in [3.8, 4) is 0 Å². The molecular weight excluding hydrogens is 803 g/mol. The summed E-state index contributed by atoms with van der Waals surface area (Å²) >= 11 is 0. The van der Waals surface area contributed by atoms with Crippen LogP contribution in [0.25, 0.3) is 0 Å². The Morgan fingerprint density at radius 2 is 0.688 bits per heavy atom. The molecule has 11 nitrogen and oxygen atoms in total. The van der Waals surface area contributed by atoms with Crippen molar-refractivity contribution >= 4 is 24.6 Å². The second-order valence-corrected chi connectivity index (χ2v) is 18.9. The molecule has 0 bridgehead atoms. The minimum Gasteiger partial charge on any atom is -0.483 e. The number of hydrogen-bond acceptors (Lipinski definition) is 8. The van der Waals surface area contributed by atoms with E-state index in [1.807, 2.05) is 4.90 Å². The average molecular weight is 908 g/mol. The van der Waals surface area contributed by atoms with Gasteiger partial charge >= 0.3 is 5.97 Å². The van der Waals surface area contributed by atoms with Crippen LogP contribution in [0.1, 0.15) is 226 Å². The Bertz CT molecular complexity index is 1000. The van der Waals surface area contributed by atoms with E-state index in [1.54, 1.807) is 0 Å². The first-order chi connectivity index (χ1) is 31.3. The number of amides is 1. The van der Waals surface area contributed by atoms with E-state index in [4.69, 9.17) is 9.90 Å². The maximum Gasteiger partial charge on any atom is 0.317 e. The van der Waals surface area contributed by atoms with Crippen LogP contribution < -0.4 is 0 Å². The van der Waals surface area contributed by atoms with E-state index in [1.165, 1.54) is 193 Å². The van der Waals surface area contributed by atoms with Crippen LogP contribution in [0, 0.1) is 0 Å². The summed E-state index contributed by atoms with van der Waals surface area (Å²) in [6, 6.07) is 0. The van der Waals surface area contributed by atoms with Gasteiger partial charge in [0.05, 0.1) is 19.6 Å². The van der Waals surface area contributed by atoms with Gasteiger partial charge in [0, 0.05) is 65.4 Å². The Morgan fingerprint density at radius 1 is 0.422 bits per heavy atom. The minimum atomic E-state index is -0.807. The van der Waals surface area contributed by atoms with E-state index in [0.29, 0.717) is 39.3 Å². The van der Waals surface area contributed by atoms with Crippen molar-refractivity contribution < 1.29 is 29.4 Å². The molecule has 0 radical (unpaired) electrons. The highest BCUT2D eigenvalue weighted by molar-refractivity contribution is 5.78. The number of carboxylic acid groups (broad SMARTS) is 2. The SMILES string of the molecule is CCCCCCCCCCCCCCCCCCN(CCCCCCCCCCCCCCCCCC)C(=O)CN1CCN(CC=O)CCN(CC)CCN(CC(=O)O)CC1.O=CO. The lowest BCUT2D eigenvalue weighted by molar-refractivity contribution is -0.139. The normalized spacial score (nSPS) is 14.9. The van der Waals surface area contributed by atoms with Gasteiger partial charge in [-0.1, -0.05) is 213 Å². The van der Waals surface area contributed by atoms with Gasteiger partial charge in [-0.15, -0.1) is 0 Å². The third-order valence-corrected chi connectivity index (χ3v) is 13.3. The largest absolute Gasteiger partial charge is 0.483 e. The summed E-state index contributed by atoms with van der Waals surface area (Å²) in [6.45, 7) is 15.6. The molecule has 1 fully saturated rings. The summed E-state index contributed by atoms with van der Waals surface area (Å²) in [7, 11) is 0. The molecule has 1 saturated heterocycles. The van der Waals surface area contributed by atoms with Crippen molar-refractivity contribution in [1.29, 1.82) is 0 Å². The first-order valence-electron chi connectivity index (χ1n) is 27.2. The molecule has 64 heavy (non-hydrogen) atoms. The fourth-order valence-electron chi connectivity index (χ4n) is 9.04. The Kier molecular flexibility index (Phi) is 47.3. The number of carbonyl (C=O) groups is 4. The van der Waals surface area contributed by atoms with Crippen molar-refractivity contribution in [2.24, 2.45) is 0 Å². The summed E-state index contributed by atoms with van der Waals surface area (Å²) in [6.07, 6.45) is 44.0. The Labute approximate surface area is 395 Å². The zero-order valence-electron chi connectivity index (χ0n) is 42.4. The minimum absolute atomic E-state index is 0.0151. The van der Waals surface area contributed by atoms with Crippen molar-refractivity contribution in [1.82, 2.24) is 24.5 Å². The molecular formula is C53H105N5O6. The molecule has 0 saturated carbocycles. The summed E-state index contributed by atoms with van der Waals surface area (Å²) in [5, 5.41) is 16.5. The molecule has 378 valence electrons. The van der Waals surface area contributed by atoms with Crippen LogP contribution >= 0.6 is 0 Å². The van der Waals surface area contributed by atoms with Crippen molar-refractivity contribution in [3.63, 3.8) is 0 Å². The van der Waals surface area contributed by atoms with E-state index in [0.717, 1.165) is 64.9 Å². The Balaban J connectivity index is 0.0000128. The maximum atomic E-state index is 14.1. The number of carboxylic acids is 1. The van der Waals surface area contributed by atoms with Gasteiger partial charge in [0.1, 0.15) is 6.29 Å². The van der Waals surface area contributed by atoms with Gasteiger partial charge in [-0.2, -0.15) is 0 Å². The highest BCUT2D eigenvalue weighted by Crippen LogP contribution is 2.16. The molecule has 11 heteroatoms. The molecule has 0 spiro atoms. The molecule has 0 aromatic carbocycles. The second kappa shape index (κ2) is 48.8. The molecule has 0 aromatic heterocycles. The monoisotopic (exact) mass is 908 g/mol. The first-order valence-corrected chi connectivity index (χ1v) is 27.2. The summed E-state index contributed by atoms with van der Waals surface area (Å²) < 4.78 is 0. The van der Waals surface area contributed by atoms with Crippen LogP contribution in [0.2, 0.25) is 0 Å². The average Bonchev–Trinajstić information content (AvgIpc) is 3.28. The Morgan fingerprint density at radius 3 is 0.969 bits per heavy atom. The summed E-state index contributed by atoms with van der Waals surface area (Å²) in [4.78, 5) is 56.8. The zero-order chi connectivity index (χ0) is 47.0. The molecule has 1 heterocycles. The zero-order valence-corrected chi connectivity index (χ0v) is 42.4. The number of hydrogen-bond donors (Lipinski definition) is 2. The van der Waals surface area contributed by atoms with Crippen molar-refractivity contribution in [2.75, 3.05) is 91.6 Å². The van der Waals surface area contributed by atoms with Gasteiger partial charge in [-0.3, -0.25) is 29.1 Å². The highest BCUT2D eigenvalue weighted by Gasteiger charge is 2.21. The van der Waals surface area contributed by atoms with E-state index in [-0.39, 0.29) is 18.9 Å². The standard InChI is InChI=1S/C52H103N5O4.CH2O2/c1-4-7-9-11-13-15-17-19-21-23-25-27-29-31-33-35-37-57(38-36-34-32-30-28-26-24-22-20-18-16-14-12-10-8-5-2)51(59)49-55-44-42-54(47-48-58)41-39-53(6-3)40-43-56(46-45-55)50-52(60)61;2-1-3/h48H,4-47,49-50H2,1-3H3,(H,60,61);1H,(H,2,3). The first kappa shape index (κ1) is 61.9. The number of unbranched alkanes of at least 4 members (excludes halogenated alkanes) is 30. The number of aliphatic carboxylic acids is 1. The fraction of sp³-hybridized carbons (Fsp3) is 0.925. The summed E-state index contributed by atoms with van der Waals surface area (Å²) in [5.41, 5.74) is 0. The topological polar surface area (TPSA) is 125 Å². The van der Waals surface area contributed by atoms with Crippen molar-refractivity contribution in [3.05, 3.63) is 0 Å². The third kappa shape index (κ3) is 41.4. The maximum absolute atomic E-state index is 14.1.